The van der Waals surface area contributed by atoms with E-state index in [1.807, 2.05) is 0 Å². The summed E-state index contributed by atoms with van der Waals surface area (Å²) in [5, 5.41) is 0. The molecule has 0 rings (SSSR count). The highest BCUT2D eigenvalue weighted by Gasteiger charge is 2.16. The number of hydrogen-bond acceptors (Lipinski definition) is 0. The third-order valence-corrected chi connectivity index (χ3v) is 3.30. The van der Waals surface area contributed by atoms with E-state index in [4.69, 9.17) is 0 Å². The van der Waals surface area contributed by atoms with Gasteiger partial charge in [0, 0.05) is 0 Å². The summed E-state index contributed by atoms with van der Waals surface area (Å²) in [6.45, 7) is 11.3. The highest BCUT2D eigenvalue weighted by atomic mass is 14.2. The Labute approximate surface area is 96.5 Å². The van der Waals surface area contributed by atoms with Crippen LogP contribution in [0, 0.1) is 11.8 Å². The number of allylic oxidation sites excluding steroid dienone is 4. The van der Waals surface area contributed by atoms with E-state index in [1.165, 1.54) is 31.3 Å². The lowest BCUT2D eigenvalue weighted by Crippen LogP contribution is -2.12. The molecule has 15 heavy (non-hydrogen) atoms. The first-order valence-electron chi connectivity index (χ1n) is 6.46. The van der Waals surface area contributed by atoms with Crippen molar-refractivity contribution in [1.82, 2.24) is 0 Å². The standard InChI is InChI=1S/C15H28/c1-6-9-12-13(4)14(5)15(10-7-2)11-8-3/h6,9,12,14-15H,7-8,10-11H2,1-5H3/b9-6-,13-12+. The molecule has 0 radical (unpaired) electrons. The van der Waals surface area contributed by atoms with Crippen LogP contribution in [-0.4, -0.2) is 0 Å². The lowest BCUT2D eigenvalue weighted by Gasteiger charge is -2.24. The summed E-state index contributed by atoms with van der Waals surface area (Å²) >= 11 is 0. The smallest absolute Gasteiger partial charge is 0.0203 e. The molecule has 0 fully saturated rings. The Hall–Kier alpha value is -0.520. The zero-order valence-electron chi connectivity index (χ0n) is 11.2. The van der Waals surface area contributed by atoms with Crippen LogP contribution in [0.4, 0.5) is 0 Å². The van der Waals surface area contributed by atoms with Gasteiger partial charge in [-0.3, -0.25) is 0 Å². The predicted octanol–water partition coefficient (Wildman–Crippen LogP) is 5.36. The monoisotopic (exact) mass is 208 g/mol. The minimum atomic E-state index is 0.737. The number of rotatable bonds is 7. The molecule has 0 saturated carbocycles. The van der Waals surface area contributed by atoms with Crippen LogP contribution >= 0.6 is 0 Å². The van der Waals surface area contributed by atoms with Crippen LogP contribution in [0.15, 0.2) is 23.8 Å². The molecule has 0 heterocycles. The second-order valence-electron chi connectivity index (χ2n) is 4.56. The van der Waals surface area contributed by atoms with Gasteiger partial charge < -0.3 is 0 Å². The predicted molar refractivity (Wildman–Crippen MR) is 71.0 cm³/mol. The van der Waals surface area contributed by atoms with Gasteiger partial charge in [0.05, 0.1) is 0 Å². The minimum absolute atomic E-state index is 0.737. The summed E-state index contributed by atoms with van der Waals surface area (Å²) in [4.78, 5) is 0. The minimum Gasteiger partial charge on any atom is -0.0877 e. The summed E-state index contributed by atoms with van der Waals surface area (Å²) in [5.41, 5.74) is 1.53. The highest BCUT2D eigenvalue weighted by Crippen LogP contribution is 2.28. The first kappa shape index (κ1) is 14.5. The van der Waals surface area contributed by atoms with Crippen molar-refractivity contribution in [2.45, 2.75) is 60.3 Å². The van der Waals surface area contributed by atoms with Crippen LogP contribution in [0.5, 0.6) is 0 Å². The van der Waals surface area contributed by atoms with Crippen molar-refractivity contribution in [3.63, 3.8) is 0 Å². The molecule has 0 aromatic carbocycles. The zero-order chi connectivity index (χ0) is 11.7. The quantitative estimate of drug-likeness (QED) is 0.494. The molecule has 1 unspecified atom stereocenters. The maximum Gasteiger partial charge on any atom is -0.0203 e. The molecule has 0 aliphatic rings. The molecule has 0 aliphatic carbocycles. The van der Waals surface area contributed by atoms with Gasteiger partial charge in [0.15, 0.2) is 0 Å². The van der Waals surface area contributed by atoms with E-state index in [0.717, 1.165) is 11.8 Å². The third-order valence-electron chi connectivity index (χ3n) is 3.30. The topological polar surface area (TPSA) is 0 Å². The summed E-state index contributed by atoms with van der Waals surface area (Å²) in [7, 11) is 0. The summed E-state index contributed by atoms with van der Waals surface area (Å²) in [5.74, 6) is 1.61. The van der Waals surface area contributed by atoms with Crippen molar-refractivity contribution >= 4 is 0 Å². The molecule has 0 saturated heterocycles. The van der Waals surface area contributed by atoms with Crippen LogP contribution in [0.2, 0.25) is 0 Å². The molecule has 0 aromatic rings. The first-order chi connectivity index (χ1) is 7.17. The Kier molecular flexibility index (Phi) is 8.46. The average Bonchev–Trinajstić information content (AvgIpc) is 2.24. The van der Waals surface area contributed by atoms with Gasteiger partial charge in [-0.2, -0.15) is 0 Å². The van der Waals surface area contributed by atoms with Crippen LogP contribution < -0.4 is 0 Å². The van der Waals surface area contributed by atoms with Gasteiger partial charge in [0.1, 0.15) is 0 Å². The van der Waals surface area contributed by atoms with Crippen molar-refractivity contribution < 1.29 is 0 Å². The van der Waals surface area contributed by atoms with E-state index < -0.39 is 0 Å². The lowest BCUT2D eigenvalue weighted by atomic mass is 9.82. The van der Waals surface area contributed by atoms with E-state index >= 15 is 0 Å². The van der Waals surface area contributed by atoms with Gasteiger partial charge >= 0.3 is 0 Å². The van der Waals surface area contributed by atoms with Gasteiger partial charge in [0.25, 0.3) is 0 Å². The molecule has 0 aliphatic heterocycles. The summed E-state index contributed by atoms with van der Waals surface area (Å²) in [6.07, 6.45) is 11.9. The van der Waals surface area contributed by atoms with Gasteiger partial charge in [-0.1, -0.05) is 70.3 Å². The Morgan fingerprint density at radius 3 is 2.07 bits per heavy atom. The third kappa shape index (κ3) is 5.81. The van der Waals surface area contributed by atoms with Gasteiger partial charge in [0.2, 0.25) is 0 Å². The van der Waals surface area contributed by atoms with Gasteiger partial charge in [-0.05, 0) is 25.7 Å². The van der Waals surface area contributed by atoms with Crippen molar-refractivity contribution in [3.05, 3.63) is 23.8 Å². The maximum absolute atomic E-state index is 2.38. The molecule has 0 amide bonds. The molecule has 0 bridgehead atoms. The Morgan fingerprint density at radius 2 is 1.67 bits per heavy atom. The average molecular weight is 208 g/mol. The van der Waals surface area contributed by atoms with E-state index in [0.29, 0.717) is 0 Å². The van der Waals surface area contributed by atoms with E-state index in [2.05, 4.69) is 52.8 Å². The number of hydrogen-bond donors (Lipinski definition) is 0. The fourth-order valence-electron chi connectivity index (χ4n) is 2.16. The Balaban J connectivity index is 4.39. The van der Waals surface area contributed by atoms with E-state index in [1.54, 1.807) is 0 Å². The van der Waals surface area contributed by atoms with Gasteiger partial charge in [-0.25, -0.2) is 0 Å². The first-order valence-corrected chi connectivity index (χ1v) is 6.46. The van der Waals surface area contributed by atoms with Crippen LogP contribution in [0.25, 0.3) is 0 Å². The second kappa shape index (κ2) is 8.76. The fourth-order valence-corrected chi connectivity index (χ4v) is 2.16. The lowest BCUT2D eigenvalue weighted by molar-refractivity contribution is 0.346. The van der Waals surface area contributed by atoms with Crippen molar-refractivity contribution in [1.29, 1.82) is 0 Å². The Morgan fingerprint density at radius 1 is 1.13 bits per heavy atom. The highest BCUT2D eigenvalue weighted by molar-refractivity contribution is 5.12. The molecule has 1 atom stereocenters. The molecule has 0 aromatic heterocycles. The van der Waals surface area contributed by atoms with E-state index in [-0.39, 0.29) is 0 Å². The van der Waals surface area contributed by atoms with Gasteiger partial charge in [-0.15, -0.1) is 0 Å². The molecule has 0 nitrogen and oxygen atoms in total. The normalized spacial score (nSPS) is 15.2. The van der Waals surface area contributed by atoms with Crippen LogP contribution in [-0.2, 0) is 0 Å². The largest absolute Gasteiger partial charge is 0.0877 e. The Bertz CT molecular complexity index is 192. The van der Waals surface area contributed by atoms with Crippen molar-refractivity contribution in [2.75, 3.05) is 0 Å². The summed E-state index contributed by atoms with van der Waals surface area (Å²) < 4.78 is 0. The molecule has 0 N–H and O–H groups in total. The van der Waals surface area contributed by atoms with Crippen LogP contribution in [0.3, 0.4) is 0 Å². The zero-order valence-corrected chi connectivity index (χ0v) is 11.2. The van der Waals surface area contributed by atoms with E-state index in [9.17, 15) is 0 Å². The van der Waals surface area contributed by atoms with Crippen LogP contribution in [0.1, 0.15) is 60.3 Å². The summed E-state index contributed by atoms with van der Waals surface area (Å²) in [6, 6.07) is 0. The molecular weight excluding hydrogens is 180 g/mol. The molecular formula is C15H28. The maximum atomic E-state index is 2.38. The SMILES string of the molecule is C/C=C\C=C(/C)C(C)C(CCC)CCC. The molecule has 0 heteroatoms. The molecule has 88 valence electrons. The van der Waals surface area contributed by atoms with Crippen molar-refractivity contribution in [3.8, 4) is 0 Å². The van der Waals surface area contributed by atoms with Crippen molar-refractivity contribution in [2.24, 2.45) is 11.8 Å². The second-order valence-corrected chi connectivity index (χ2v) is 4.56. The fraction of sp³-hybridized carbons (Fsp3) is 0.733. The molecule has 0 spiro atoms.